The average Bonchev–Trinajstić information content (AvgIpc) is 2.71. The van der Waals surface area contributed by atoms with E-state index in [0.29, 0.717) is 17.6 Å². The van der Waals surface area contributed by atoms with Crippen LogP contribution in [0.1, 0.15) is 90.6 Å². The number of ketones is 1. The van der Waals surface area contributed by atoms with Crippen LogP contribution in [-0.2, 0) is 4.79 Å². The fraction of sp³-hybridized carbons (Fsp3) is 0.500. The van der Waals surface area contributed by atoms with Gasteiger partial charge in [-0.1, -0.05) is 75.5 Å². The predicted octanol–water partition coefficient (Wildman–Crippen LogP) is 2.82. The predicted molar refractivity (Wildman–Crippen MR) is 131 cm³/mol. The maximum Gasteiger partial charge on any atom is 1.00 e. The Labute approximate surface area is 208 Å². The van der Waals surface area contributed by atoms with Gasteiger partial charge < -0.3 is 6.53 Å². The third-order valence-electron chi connectivity index (χ3n) is 5.78. The van der Waals surface area contributed by atoms with Gasteiger partial charge in [0.05, 0.1) is 6.10 Å². The monoisotopic (exact) mass is 420 g/mol. The molecule has 4 rings (SSSR count). The minimum Gasteiger partial charge on any atom is -1.00 e. The van der Waals surface area contributed by atoms with Gasteiger partial charge in [-0.3, -0.25) is 4.79 Å². The van der Waals surface area contributed by atoms with Gasteiger partial charge in [-0.2, -0.15) is 0 Å². The summed E-state index contributed by atoms with van der Waals surface area (Å²) < 4.78 is 0. The van der Waals surface area contributed by atoms with Crippen LogP contribution >= 0.6 is 0 Å². The first kappa shape index (κ1) is 31.4. The molecule has 0 spiro atoms. The molecule has 0 aromatic heterocycles. The van der Waals surface area contributed by atoms with Crippen LogP contribution in [0.2, 0.25) is 0 Å². The summed E-state index contributed by atoms with van der Waals surface area (Å²) in [4.78, 5) is 11.0. The molecular formula is C26H42AlLiO2. The molecule has 0 saturated heterocycles. The molecular weight excluding hydrogens is 378 g/mol. The number of carbonyl (C=O) groups is 1. The normalized spacial score (nSPS) is 20.6. The third-order valence-corrected chi connectivity index (χ3v) is 5.78. The molecule has 2 nitrogen and oxygen atoms in total. The number of hydrogen-bond acceptors (Lipinski definition) is 2. The zero-order valence-electron chi connectivity index (χ0n) is 17.5. The molecule has 2 aromatic carbocycles. The van der Waals surface area contributed by atoms with Gasteiger partial charge in [0.25, 0.3) is 0 Å². The Morgan fingerprint density at radius 3 is 1.43 bits per heavy atom. The SMILES string of the molecule is C.C.O=C1CCC(c2ccccc2)CC1.OC1CCC(c2ccccc2)CC1.[AlH3].[H-].[Li+]. The van der Waals surface area contributed by atoms with E-state index in [4.69, 9.17) is 0 Å². The van der Waals surface area contributed by atoms with Gasteiger partial charge in [0.2, 0.25) is 0 Å². The van der Waals surface area contributed by atoms with E-state index >= 15 is 0 Å². The molecule has 0 atom stereocenters. The van der Waals surface area contributed by atoms with Crippen molar-refractivity contribution in [3.05, 3.63) is 71.8 Å². The standard InChI is InChI=1S/C12H16O.C12H14O.2CH4.Al.Li.4H/c2*13-12-8-6-11(7-9-12)10-4-2-1-3-5-10;;;;;;;;/h1-5,11-13H,6-9H2;1-5,11H,6-9H2;2*1H4;;;;;;/q;;;;;+1;;;;-1. The Bertz CT molecular complexity index is 666. The summed E-state index contributed by atoms with van der Waals surface area (Å²) in [5.74, 6) is 1.75. The molecule has 162 valence electrons. The number of benzene rings is 2. The first-order valence-corrected chi connectivity index (χ1v) is 10.0. The largest absolute Gasteiger partial charge is 1.00 e. The van der Waals surface area contributed by atoms with Crippen LogP contribution in [0, 0.1) is 0 Å². The molecule has 0 bridgehead atoms. The molecule has 30 heavy (non-hydrogen) atoms. The number of hydrogen-bond donors (Lipinski definition) is 1. The van der Waals surface area contributed by atoms with Crippen molar-refractivity contribution in [3.63, 3.8) is 0 Å². The molecule has 0 heterocycles. The summed E-state index contributed by atoms with van der Waals surface area (Å²) in [6.07, 6.45) is 7.83. The number of aliphatic hydroxyl groups is 1. The van der Waals surface area contributed by atoms with Gasteiger partial charge in [0.15, 0.2) is 17.4 Å². The Kier molecular flexibility index (Phi) is 17.6. The van der Waals surface area contributed by atoms with Gasteiger partial charge >= 0.3 is 18.9 Å². The summed E-state index contributed by atoms with van der Waals surface area (Å²) in [5.41, 5.74) is 2.84. The van der Waals surface area contributed by atoms with E-state index < -0.39 is 0 Å². The van der Waals surface area contributed by atoms with Crippen LogP contribution in [0.5, 0.6) is 0 Å². The summed E-state index contributed by atoms with van der Waals surface area (Å²) >= 11 is 0. The van der Waals surface area contributed by atoms with Crippen molar-refractivity contribution >= 4 is 23.1 Å². The van der Waals surface area contributed by atoms with E-state index in [-0.39, 0.29) is 58.6 Å². The number of rotatable bonds is 2. The fourth-order valence-electron chi connectivity index (χ4n) is 4.13. The molecule has 1 N–H and O–H groups in total. The second-order valence-corrected chi connectivity index (χ2v) is 7.64. The van der Waals surface area contributed by atoms with Crippen LogP contribution in [0.15, 0.2) is 60.7 Å². The number of carbonyl (C=O) groups excluding carboxylic acids is 1. The van der Waals surface area contributed by atoms with Crippen molar-refractivity contribution in [1.29, 1.82) is 0 Å². The quantitative estimate of drug-likeness (QED) is 0.759. The maximum absolute atomic E-state index is 11.0. The zero-order valence-corrected chi connectivity index (χ0v) is 16.5. The summed E-state index contributed by atoms with van der Waals surface area (Å²) in [6, 6.07) is 21.2. The Morgan fingerprint density at radius 1 is 0.667 bits per heavy atom. The van der Waals surface area contributed by atoms with E-state index in [0.717, 1.165) is 51.4 Å². The summed E-state index contributed by atoms with van der Waals surface area (Å²) in [5, 5.41) is 9.37. The van der Waals surface area contributed by atoms with Gasteiger partial charge in [-0.05, 0) is 61.5 Å². The summed E-state index contributed by atoms with van der Waals surface area (Å²) in [7, 11) is 0. The molecule has 2 aliphatic carbocycles. The van der Waals surface area contributed by atoms with Crippen molar-refractivity contribution < 1.29 is 30.2 Å². The van der Waals surface area contributed by atoms with E-state index in [2.05, 4.69) is 54.6 Å². The van der Waals surface area contributed by atoms with Crippen molar-refractivity contribution in [2.75, 3.05) is 0 Å². The van der Waals surface area contributed by atoms with E-state index in [9.17, 15) is 9.90 Å². The van der Waals surface area contributed by atoms with Gasteiger partial charge in [-0.15, -0.1) is 0 Å². The molecule has 2 saturated carbocycles. The minimum absolute atomic E-state index is 0. The molecule has 0 unspecified atom stereocenters. The Balaban J connectivity index is -0.000000436. The summed E-state index contributed by atoms with van der Waals surface area (Å²) in [6.45, 7) is 0. The van der Waals surface area contributed by atoms with Crippen LogP contribution in [-0.4, -0.2) is 34.4 Å². The van der Waals surface area contributed by atoms with Crippen LogP contribution in [0.3, 0.4) is 0 Å². The van der Waals surface area contributed by atoms with E-state index in [1.54, 1.807) is 0 Å². The van der Waals surface area contributed by atoms with Crippen LogP contribution in [0.25, 0.3) is 0 Å². The smallest absolute Gasteiger partial charge is 1.00 e. The average molecular weight is 421 g/mol. The van der Waals surface area contributed by atoms with Crippen LogP contribution < -0.4 is 18.9 Å². The first-order chi connectivity index (χ1) is 12.7. The van der Waals surface area contributed by atoms with Gasteiger partial charge in [-0.25, -0.2) is 0 Å². The van der Waals surface area contributed by atoms with Crippen molar-refractivity contribution in [2.45, 2.75) is 84.2 Å². The molecule has 0 amide bonds. The minimum atomic E-state index is -0.0417. The first-order valence-electron chi connectivity index (χ1n) is 10.0. The van der Waals surface area contributed by atoms with Crippen LogP contribution in [0.4, 0.5) is 0 Å². The molecule has 2 aliphatic rings. The molecule has 2 aromatic rings. The Morgan fingerprint density at radius 2 is 1.03 bits per heavy atom. The Hall–Kier alpha value is -0.800. The van der Waals surface area contributed by atoms with E-state index in [1.807, 2.05) is 6.07 Å². The second kappa shape index (κ2) is 16.8. The fourth-order valence-corrected chi connectivity index (χ4v) is 4.13. The molecule has 0 aliphatic heterocycles. The van der Waals surface area contributed by atoms with Gasteiger partial charge in [0.1, 0.15) is 5.78 Å². The molecule has 4 heteroatoms. The van der Waals surface area contributed by atoms with Gasteiger partial charge in [0, 0.05) is 12.8 Å². The van der Waals surface area contributed by atoms with E-state index in [1.165, 1.54) is 11.1 Å². The van der Waals surface area contributed by atoms with Crippen molar-refractivity contribution in [2.24, 2.45) is 0 Å². The maximum atomic E-state index is 11.0. The second-order valence-electron chi connectivity index (χ2n) is 7.64. The number of Topliss-reactive ketones (excluding diaryl/α,β-unsaturated/α-hetero) is 1. The molecule has 2 fully saturated rings. The van der Waals surface area contributed by atoms with Crippen molar-refractivity contribution in [1.82, 2.24) is 0 Å². The zero-order chi connectivity index (χ0) is 18.2. The third kappa shape index (κ3) is 10.0. The molecule has 0 radical (unpaired) electrons. The topological polar surface area (TPSA) is 37.3 Å². The number of aliphatic hydroxyl groups excluding tert-OH is 1. The van der Waals surface area contributed by atoms with Crippen molar-refractivity contribution in [3.8, 4) is 0 Å².